The van der Waals surface area contributed by atoms with E-state index in [0.29, 0.717) is 5.92 Å². The number of esters is 1. The molecule has 0 saturated heterocycles. The number of carbonyl (C=O) groups is 1. The van der Waals surface area contributed by atoms with Gasteiger partial charge in [0.1, 0.15) is 0 Å². The normalized spacial score (nSPS) is 24.9. The van der Waals surface area contributed by atoms with Crippen molar-refractivity contribution in [2.75, 3.05) is 7.11 Å². The summed E-state index contributed by atoms with van der Waals surface area (Å²) in [6.45, 7) is 0. The molecule has 1 unspecified atom stereocenters. The number of carbonyl (C=O) groups excluding carboxylic acids is 1. The molecule has 1 aliphatic rings. The minimum Gasteiger partial charge on any atom is -0.469 e. The highest BCUT2D eigenvalue weighted by atomic mass is 32.1. The van der Waals surface area contributed by atoms with E-state index in [1.165, 1.54) is 7.11 Å². The molecule has 1 heterocycles. The van der Waals surface area contributed by atoms with E-state index in [1.54, 1.807) is 17.5 Å². The van der Waals surface area contributed by atoms with E-state index in [-0.39, 0.29) is 18.0 Å². The summed E-state index contributed by atoms with van der Waals surface area (Å²) in [5, 5.41) is 13.3. The lowest BCUT2D eigenvalue weighted by Crippen LogP contribution is -2.29. The molecule has 0 amide bonds. The Morgan fingerprint density at radius 2 is 2.26 bits per heavy atom. The Morgan fingerprint density at radius 1 is 1.53 bits per heavy atom. The number of thiazole rings is 1. The Bertz CT molecular complexity index is 385. The van der Waals surface area contributed by atoms with Gasteiger partial charge in [-0.1, -0.05) is 0 Å². The van der Waals surface area contributed by atoms with Gasteiger partial charge in [-0.05, 0) is 38.0 Å². The van der Waals surface area contributed by atoms with Crippen molar-refractivity contribution in [1.29, 1.82) is 0 Å². The number of aryl methyl sites for hydroxylation is 1. The third-order valence-corrected chi connectivity index (χ3v) is 4.83. The van der Waals surface area contributed by atoms with Gasteiger partial charge < -0.3 is 9.84 Å². The Kier molecular flexibility index (Phi) is 5.34. The van der Waals surface area contributed by atoms with Crippen molar-refractivity contribution in [3.8, 4) is 0 Å². The predicted octanol–water partition coefficient (Wildman–Crippen LogP) is 2.42. The number of aliphatic hydroxyl groups is 1. The summed E-state index contributed by atoms with van der Waals surface area (Å²) in [5.41, 5.74) is 0. The molecule has 0 spiro atoms. The number of nitrogens with zero attached hydrogens (tertiary/aromatic N) is 1. The molecule has 1 fully saturated rings. The van der Waals surface area contributed by atoms with Crippen LogP contribution >= 0.6 is 11.3 Å². The maximum Gasteiger partial charge on any atom is 0.308 e. The van der Waals surface area contributed by atoms with Crippen LogP contribution in [0.3, 0.4) is 0 Å². The van der Waals surface area contributed by atoms with Crippen LogP contribution in [0, 0.1) is 11.8 Å². The van der Waals surface area contributed by atoms with E-state index in [1.807, 2.05) is 5.38 Å². The summed E-state index contributed by atoms with van der Waals surface area (Å²) in [7, 11) is 1.44. The van der Waals surface area contributed by atoms with Crippen molar-refractivity contribution in [2.24, 2.45) is 11.8 Å². The average Bonchev–Trinajstić information content (AvgIpc) is 2.97. The molecule has 1 aromatic rings. The predicted molar refractivity (Wildman–Crippen MR) is 73.9 cm³/mol. The van der Waals surface area contributed by atoms with E-state index in [0.717, 1.165) is 43.5 Å². The van der Waals surface area contributed by atoms with Crippen molar-refractivity contribution < 1.29 is 14.6 Å². The number of rotatable bonds is 5. The first-order chi connectivity index (χ1) is 9.20. The maximum absolute atomic E-state index is 11.4. The zero-order chi connectivity index (χ0) is 13.7. The quantitative estimate of drug-likeness (QED) is 0.843. The second kappa shape index (κ2) is 7.01. The second-order valence-electron chi connectivity index (χ2n) is 5.17. The van der Waals surface area contributed by atoms with Gasteiger partial charge in [0, 0.05) is 18.0 Å². The van der Waals surface area contributed by atoms with Crippen molar-refractivity contribution in [3.63, 3.8) is 0 Å². The standard InChI is InChI=1S/C14H21NO3S/c1-18-14(17)11-4-2-10(3-5-11)12(16)6-7-13-15-8-9-19-13/h8-12,16H,2-7H2,1H3. The molecule has 4 nitrogen and oxygen atoms in total. The van der Waals surface area contributed by atoms with Gasteiger partial charge in [0.25, 0.3) is 0 Å². The first-order valence-corrected chi connectivity index (χ1v) is 7.73. The molecule has 106 valence electrons. The molecule has 1 atom stereocenters. The molecular formula is C14H21NO3S. The fourth-order valence-corrected chi connectivity index (χ4v) is 3.43. The number of methoxy groups -OCH3 is 1. The summed E-state index contributed by atoms with van der Waals surface area (Å²) in [6, 6.07) is 0. The van der Waals surface area contributed by atoms with E-state index >= 15 is 0 Å². The van der Waals surface area contributed by atoms with Gasteiger partial charge in [-0.15, -0.1) is 11.3 Å². The van der Waals surface area contributed by atoms with Gasteiger partial charge in [-0.2, -0.15) is 0 Å². The highest BCUT2D eigenvalue weighted by molar-refractivity contribution is 7.09. The minimum atomic E-state index is -0.275. The van der Waals surface area contributed by atoms with Crippen LogP contribution in [0.25, 0.3) is 0 Å². The third kappa shape index (κ3) is 4.01. The number of aliphatic hydroxyl groups excluding tert-OH is 1. The molecule has 0 radical (unpaired) electrons. The molecule has 19 heavy (non-hydrogen) atoms. The molecule has 1 aliphatic carbocycles. The van der Waals surface area contributed by atoms with Gasteiger partial charge in [0.15, 0.2) is 0 Å². The molecule has 1 N–H and O–H groups in total. The van der Waals surface area contributed by atoms with Crippen molar-refractivity contribution in [2.45, 2.75) is 44.6 Å². The number of hydrogen-bond donors (Lipinski definition) is 1. The molecule has 0 bridgehead atoms. The number of hydrogen-bond acceptors (Lipinski definition) is 5. The van der Waals surface area contributed by atoms with Crippen LogP contribution in [0.4, 0.5) is 0 Å². The van der Waals surface area contributed by atoms with Crippen LogP contribution in [0.2, 0.25) is 0 Å². The summed E-state index contributed by atoms with van der Waals surface area (Å²) in [4.78, 5) is 15.7. The highest BCUT2D eigenvalue weighted by Crippen LogP contribution is 2.32. The van der Waals surface area contributed by atoms with Crippen molar-refractivity contribution in [3.05, 3.63) is 16.6 Å². The third-order valence-electron chi connectivity index (χ3n) is 3.99. The molecular weight excluding hydrogens is 262 g/mol. The first-order valence-electron chi connectivity index (χ1n) is 6.85. The van der Waals surface area contributed by atoms with Crippen molar-refractivity contribution >= 4 is 17.3 Å². The van der Waals surface area contributed by atoms with E-state index in [2.05, 4.69) is 4.98 Å². The smallest absolute Gasteiger partial charge is 0.308 e. The lowest BCUT2D eigenvalue weighted by Gasteiger charge is -2.30. The lowest BCUT2D eigenvalue weighted by molar-refractivity contribution is -0.147. The van der Waals surface area contributed by atoms with Gasteiger partial charge >= 0.3 is 5.97 Å². The minimum absolute atomic E-state index is 0.0346. The van der Waals surface area contributed by atoms with E-state index in [9.17, 15) is 9.90 Å². The largest absolute Gasteiger partial charge is 0.469 e. The summed E-state index contributed by atoms with van der Waals surface area (Å²) < 4.78 is 4.77. The van der Waals surface area contributed by atoms with Crippen LogP contribution in [-0.4, -0.2) is 29.3 Å². The van der Waals surface area contributed by atoms with E-state index < -0.39 is 0 Å². The van der Waals surface area contributed by atoms with Crippen LogP contribution in [0.5, 0.6) is 0 Å². The van der Waals surface area contributed by atoms with Gasteiger partial charge in [0.05, 0.1) is 24.1 Å². The van der Waals surface area contributed by atoms with Crippen LogP contribution in [0.15, 0.2) is 11.6 Å². The Hall–Kier alpha value is -0.940. The average molecular weight is 283 g/mol. The molecule has 5 heteroatoms. The van der Waals surface area contributed by atoms with Gasteiger partial charge in [-0.3, -0.25) is 4.79 Å². The number of ether oxygens (including phenoxy) is 1. The lowest BCUT2D eigenvalue weighted by atomic mass is 9.78. The Balaban J connectivity index is 1.73. The molecule has 0 aliphatic heterocycles. The number of aromatic nitrogens is 1. The summed E-state index contributed by atoms with van der Waals surface area (Å²) in [6.07, 6.45) is 6.64. The Morgan fingerprint density at radius 3 is 2.84 bits per heavy atom. The van der Waals surface area contributed by atoms with Crippen LogP contribution < -0.4 is 0 Å². The monoisotopic (exact) mass is 283 g/mol. The second-order valence-corrected chi connectivity index (χ2v) is 6.15. The zero-order valence-corrected chi connectivity index (χ0v) is 12.1. The zero-order valence-electron chi connectivity index (χ0n) is 11.2. The SMILES string of the molecule is COC(=O)C1CCC(C(O)CCc2nccs2)CC1. The van der Waals surface area contributed by atoms with Gasteiger partial charge in [-0.25, -0.2) is 4.98 Å². The topological polar surface area (TPSA) is 59.4 Å². The van der Waals surface area contributed by atoms with E-state index in [4.69, 9.17) is 4.74 Å². The summed E-state index contributed by atoms with van der Waals surface area (Å²) >= 11 is 1.64. The van der Waals surface area contributed by atoms with Crippen molar-refractivity contribution in [1.82, 2.24) is 4.98 Å². The van der Waals surface area contributed by atoms with Crippen LogP contribution in [0.1, 0.15) is 37.1 Å². The van der Waals surface area contributed by atoms with Gasteiger partial charge in [0.2, 0.25) is 0 Å². The molecule has 2 rings (SSSR count). The van der Waals surface area contributed by atoms with Crippen LogP contribution in [-0.2, 0) is 16.0 Å². The molecule has 1 saturated carbocycles. The maximum atomic E-state index is 11.4. The Labute approximate surface area is 117 Å². The molecule has 1 aromatic heterocycles. The molecule has 0 aromatic carbocycles. The first kappa shape index (κ1) is 14.5. The fourth-order valence-electron chi connectivity index (χ4n) is 2.79. The highest BCUT2D eigenvalue weighted by Gasteiger charge is 2.30. The summed E-state index contributed by atoms with van der Waals surface area (Å²) in [5.74, 6) is 0.254. The fraction of sp³-hybridized carbons (Fsp3) is 0.714.